The summed E-state index contributed by atoms with van der Waals surface area (Å²) in [6, 6.07) is 16.0. The molecule has 0 saturated heterocycles. The molecule has 0 radical (unpaired) electrons. The molecule has 0 aliphatic heterocycles. The van der Waals surface area contributed by atoms with Gasteiger partial charge in [0.25, 0.3) is 0 Å². The molecule has 0 heterocycles. The number of aliphatic imine (C=N–C) groups is 1. The van der Waals surface area contributed by atoms with Gasteiger partial charge in [-0.15, -0.1) is 12.4 Å². The Balaban J connectivity index is 0.00000162. The molecular weight excluding hydrogens is 244 g/mol. The molecule has 2 aromatic carbocycles. The van der Waals surface area contributed by atoms with E-state index in [1.807, 2.05) is 55.5 Å². The van der Waals surface area contributed by atoms with Gasteiger partial charge in [0.1, 0.15) is 5.84 Å². The summed E-state index contributed by atoms with van der Waals surface area (Å²) in [6.07, 6.45) is 0. The Morgan fingerprint density at radius 1 is 0.944 bits per heavy atom. The lowest BCUT2D eigenvalue weighted by Gasteiger charge is -2.03. The summed E-state index contributed by atoms with van der Waals surface area (Å²) >= 11 is 0. The van der Waals surface area contributed by atoms with Gasteiger partial charge in [-0.3, -0.25) is 0 Å². The Kier molecular flexibility index (Phi) is 4.93. The van der Waals surface area contributed by atoms with Gasteiger partial charge in [0.2, 0.25) is 0 Å². The smallest absolute Gasteiger partial charge is 0.131 e. The van der Waals surface area contributed by atoms with Crippen LogP contribution in [0.3, 0.4) is 0 Å². The third-order valence-electron chi connectivity index (χ3n) is 2.70. The molecule has 2 rings (SSSR count). The van der Waals surface area contributed by atoms with Crippen LogP contribution in [0.4, 0.5) is 5.69 Å². The Morgan fingerprint density at radius 3 is 2.17 bits per heavy atom. The van der Waals surface area contributed by atoms with E-state index in [-0.39, 0.29) is 12.4 Å². The monoisotopic (exact) mass is 260 g/mol. The lowest BCUT2D eigenvalue weighted by molar-refractivity contribution is 1.37. The van der Waals surface area contributed by atoms with Crippen LogP contribution in [0, 0.1) is 13.8 Å². The summed E-state index contributed by atoms with van der Waals surface area (Å²) in [5.74, 6) is 0.555. The summed E-state index contributed by atoms with van der Waals surface area (Å²) in [4.78, 5) is 4.45. The van der Waals surface area contributed by atoms with Crippen LogP contribution < -0.4 is 5.73 Å². The van der Waals surface area contributed by atoms with Crippen molar-refractivity contribution in [3.8, 4) is 0 Å². The minimum Gasteiger partial charge on any atom is -0.383 e. The zero-order chi connectivity index (χ0) is 12.3. The molecule has 0 aliphatic carbocycles. The number of nitrogens with two attached hydrogens (primary N) is 1. The predicted molar refractivity (Wildman–Crippen MR) is 80.0 cm³/mol. The maximum Gasteiger partial charge on any atom is 0.131 e. The first-order chi connectivity index (χ1) is 8.16. The predicted octanol–water partition coefficient (Wildman–Crippen LogP) is 3.76. The van der Waals surface area contributed by atoms with Crippen LogP contribution in [0.25, 0.3) is 0 Å². The van der Waals surface area contributed by atoms with Gasteiger partial charge in [-0.1, -0.05) is 48.0 Å². The molecule has 2 N–H and O–H groups in total. The van der Waals surface area contributed by atoms with Crippen molar-refractivity contribution in [2.45, 2.75) is 13.8 Å². The fraction of sp³-hybridized carbons (Fsp3) is 0.133. The highest BCUT2D eigenvalue weighted by Crippen LogP contribution is 2.18. The van der Waals surface area contributed by atoms with E-state index in [1.54, 1.807) is 0 Å². The molecule has 0 aromatic heterocycles. The van der Waals surface area contributed by atoms with Gasteiger partial charge in [0.15, 0.2) is 0 Å². The number of benzene rings is 2. The van der Waals surface area contributed by atoms with E-state index in [9.17, 15) is 0 Å². The van der Waals surface area contributed by atoms with E-state index in [4.69, 9.17) is 5.73 Å². The number of rotatable bonds is 2. The molecular formula is C15H17ClN2. The highest BCUT2D eigenvalue weighted by atomic mass is 35.5. The van der Waals surface area contributed by atoms with Crippen molar-refractivity contribution in [1.82, 2.24) is 0 Å². The quantitative estimate of drug-likeness (QED) is 0.648. The fourth-order valence-corrected chi connectivity index (χ4v) is 1.61. The van der Waals surface area contributed by atoms with Crippen molar-refractivity contribution in [2.24, 2.45) is 10.7 Å². The number of amidine groups is 1. The standard InChI is InChI=1S/C15H16N2.ClH/c1-11-7-9-13(10-8-11)15(16)17-14-6-4-3-5-12(14)2;/h3-10H,1-2H3,(H2,16,17);1H. The zero-order valence-corrected chi connectivity index (χ0v) is 11.4. The Bertz CT molecular complexity index is 545. The van der Waals surface area contributed by atoms with E-state index in [2.05, 4.69) is 11.9 Å². The number of nitrogens with zero attached hydrogens (tertiary/aromatic N) is 1. The van der Waals surface area contributed by atoms with Gasteiger partial charge < -0.3 is 5.73 Å². The molecule has 2 aromatic rings. The van der Waals surface area contributed by atoms with Crippen LogP contribution >= 0.6 is 12.4 Å². The van der Waals surface area contributed by atoms with Gasteiger partial charge in [-0.25, -0.2) is 4.99 Å². The number of aryl methyl sites for hydroxylation is 2. The largest absolute Gasteiger partial charge is 0.383 e. The van der Waals surface area contributed by atoms with Crippen molar-refractivity contribution in [3.05, 3.63) is 65.2 Å². The number of hydrogen-bond acceptors (Lipinski definition) is 1. The molecule has 0 fully saturated rings. The molecule has 0 aliphatic rings. The lowest BCUT2D eigenvalue weighted by atomic mass is 10.1. The molecule has 0 unspecified atom stereocenters. The number of hydrogen-bond donors (Lipinski definition) is 1. The molecule has 0 saturated carbocycles. The summed E-state index contributed by atoms with van der Waals surface area (Å²) in [7, 11) is 0. The molecule has 0 atom stereocenters. The second-order valence-electron chi connectivity index (χ2n) is 4.15. The van der Waals surface area contributed by atoms with Crippen LogP contribution in [0.5, 0.6) is 0 Å². The van der Waals surface area contributed by atoms with E-state index >= 15 is 0 Å². The highest BCUT2D eigenvalue weighted by molar-refractivity contribution is 5.99. The van der Waals surface area contributed by atoms with Gasteiger partial charge >= 0.3 is 0 Å². The number of para-hydroxylation sites is 1. The average molecular weight is 261 g/mol. The molecule has 0 spiro atoms. The Morgan fingerprint density at radius 2 is 1.56 bits per heavy atom. The van der Waals surface area contributed by atoms with Gasteiger partial charge in [0.05, 0.1) is 5.69 Å². The van der Waals surface area contributed by atoms with Crippen molar-refractivity contribution >= 4 is 23.9 Å². The van der Waals surface area contributed by atoms with Crippen LogP contribution in [0.1, 0.15) is 16.7 Å². The van der Waals surface area contributed by atoms with E-state index in [0.29, 0.717) is 5.84 Å². The minimum atomic E-state index is 0. The van der Waals surface area contributed by atoms with Gasteiger partial charge in [-0.05, 0) is 25.5 Å². The topological polar surface area (TPSA) is 38.4 Å². The first kappa shape index (κ1) is 14.3. The molecule has 94 valence electrons. The highest BCUT2D eigenvalue weighted by Gasteiger charge is 1.99. The molecule has 2 nitrogen and oxygen atoms in total. The first-order valence-electron chi connectivity index (χ1n) is 5.63. The Labute approximate surface area is 114 Å². The van der Waals surface area contributed by atoms with Gasteiger partial charge in [-0.2, -0.15) is 0 Å². The third-order valence-corrected chi connectivity index (χ3v) is 2.70. The third kappa shape index (κ3) is 3.34. The van der Waals surface area contributed by atoms with Crippen LogP contribution in [-0.4, -0.2) is 5.84 Å². The molecule has 0 amide bonds. The summed E-state index contributed by atoms with van der Waals surface area (Å²) < 4.78 is 0. The summed E-state index contributed by atoms with van der Waals surface area (Å²) in [6.45, 7) is 4.08. The maximum atomic E-state index is 6.00. The van der Waals surface area contributed by atoms with Crippen molar-refractivity contribution in [2.75, 3.05) is 0 Å². The minimum absolute atomic E-state index is 0. The maximum absolute atomic E-state index is 6.00. The van der Waals surface area contributed by atoms with Crippen LogP contribution in [-0.2, 0) is 0 Å². The SMILES string of the molecule is Cc1ccc(C(N)=Nc2ccccc2C)cc1.Cl. The summed E-state index contributed by atoms with van der Waals surface area (Å²) in [5.41, 5.74) is 10.2. The zero-order valence-electron chi connectivity index (χ0n) is 10.6. The second-order valence-corrected chi connectivity index (χ2v) is 4.15. The first-order valence-corrected chi connectivity index (χ1v) is 5.63. The molecule has 3 heteroatoms. The van der Waals surface area contributed by atoms with Crippen LogP contribution in [0.2, 0.25) is 0 Å². The van der Waals surface area contributed by atoms with Crippen LogP contribution in [0.15, 0.2) is 53.5 Å². The van der Waals surface area contributed by atoms with Crippen molar-refractivity contribution in [3.63, 3.8) is 0 Å². The Hall–Kier alpha value is -1.80. The van der Waals surface area contributed by atoms with E-state index < -0.39 is 0 Å². The normalized spacial score (nSPS) is 10.9. The summed E-state index contributed by atoms with van der Waals surface area (Å²) in [5, 5.41) is 0. The average Bonchev–Trinajstić information content (AvgIpc) is 2.33. The number of halogens is 1. The van der Waals surface area contributed by atoms with Crippen molar-refractivity contribution in [1.29, 1.82) is 0 Å². The lowest BCUT2D eigenvalue weighted by Crippen LogP contribution is -2.12. The van der Waals surface area contributed by atoms with Gasteiger partial charge in [0, 0.05) is 5.56 Å². The van der Waals surface area contributed by atoms with E-state index in [0.717, 1.165) is 16.8 Å². The van der Waals surface area contributed by atoms with Crippen molar-refractivity contribution < 1.29 is 0 Å². The molecule has 18 heavy (non-hydrogen) atoms. The fourth-order valence-electron chi connectivity index (χ4n) is 1.61. The van der Waals surface area contributed by atoms with E-state index in [1.165, 1.54) is 5.56 Å². The second kappa shape index (κ2) is 6.22. The molecule has 0 bridgehead atoms.